The zero-order valence-corrected chi connectivity index (χ0v) is 11.9. The molecule has 1 atom stereocenters. The largest absolute Gasteiger partial charge is 0.496 e. The van der Waals surface area contributed by atoms with Gasteiger partial charge in [0.2, 0.25) is 5.91 Å². The molecule has 1 saturated heterocycles. The van der Waals surface area contributed by atoms with Gasteiger partial charge in [0.1, 0.15) is 5.75 Å². The SMILES string of the molecule is COc1ccncc1CC(=O)N1CCC[C@H](CCO)C1. The number of methoxy groups -OCH3 is 1. The van der Waals surface area contributed by atoms with Crippen molar-refractivity contribution in [2.45, 2.75) is 25.7 Å². The van der Waals surface area contributed by atoms with Crippen LogP contribution in [-0.4, -0.2) is 47.7 Å². The lowest BCUT2D eigenvalue weighted by Crippen LogP contribution is -2.41. The Morgan fingerprint density at radius 3 is 3.20 bits per heavy atom. The van der Waals surface area contributed by atoms with Gasteiger partial charge in [-0.3, -0.25) is 9.78 Å². The molecule has 5 nitrogen and oxygen atoms in total. The van der Waals surface area contributed by atoms with Crippen molar-refractivity contribution in [1.82, 2.24) is 9.88 Å². The van der Waals surface area contributed by atoms with E-state index in [1.165, 1.54) is 0 Å². The number of ether oxygens (including phenoxy) is 1. The molecule has 0 unspecified atom stereocenters. The second-order valence-corrected chi connectivity index (χ2v) is 5.22. The Labute approximate surface area is 119 Å². The van der Waals surface area contributed by atoms with Crippen LogP contribution < -0.4 is 4.74 Å². The number of nitrogens with zero attached hydrogens (tertiary/aromatic N) is 2. The molecule has 1 aromatic rings. The van der Waals surface area contributed by atoms with Crippen LogP contribution in [0, 0.1) is 5.92 Å². The first-order chi connectivity index (χ1) is 9.74. The molecule has 1 aliphatic heterocycles. The van der Waals surface area contributed by atoms with Gasteiger partial charge in [0.25, 0.3) is 0 Å². The highest BCUT2D eigenvalue weighted by atomic mass is 16.5. The van der Waals surface area contributed by atoms with Crippen LogP contribution >= 0.6 is 0 Å². The van der Waals surface area contributed by atoms with Crippen LogP contribution in [0.3, 0.4) is 0 Å². The zero-order valence-electron chi connectivity index (χ0n) is 11.9. The second kappa shape index (κ2) is 7.24. The van der Waals surface area contributed by atoms with E-state index < -0.39 is 0 Å². The zero-order chi connectivity index (χ0) is 14.4. The standard InChI is InChI=1S/C15H22N2O3/c1-20-14-4-6-16-10-13(14)9-15(19)17-7-2-3-12(11-17)5-8-18/h4,6,10,12,18H,2-3,5,7-9,11H2,1H3/t12-/m1/s1. The normalized spacial score (nSPS) is 18.9. The molecule has 110 valence electrons. The fraction of sp³-hybridized carbons (Fsp3) is 0.600. The number of rotatable bonds is 5. The van der Waals surface area contributed by atoms with E-state index in [-0.39, 0.29) is 12.5 Å². The molecule has 2 heterocycles. The molecule has 1 N–H and O–H groups in total. The molecular formula is C15H22N2O3. The Bertz CT molecular complexity index is 448. The van der Waals surface area contributed by atoms with E-state index in [9.17, 15) is 4.79 Å². The first-order valence-electron chi connectivity index (χ1n) is 7.10. The Morgan fingerprint density at radius 1 is 1.60 bits per heavy atom. The number of pyridine rings is 1. The lowest BCUT2D eigenvalue weighted by atomic mass is 9.95. The summed E-state index contributed by atoms with van der Waals surface area (Å²) in [5.74, 6) is 1.24. The van der Waals surface area contributed by atoms with E-state index in [4.69, 9.17) is 9.84 Å². The van der Waals surface area contributed by atoms with Crippen LogP contribution in [0.25, 0.3) is 0 Å². The lowest BCUT2D eigenvalue weighted by molar-refractivity contribution is -0.132. The number of hydrogen-bond donors (Lipinski definition) is 1. The summed E-state index contributed by atoms with van der Waals surface area (Å²) in [5, 5.41) is 9.02. The number of hydrogen-bond acceptors (Lipinski definition) is 4. The Balaban J connectivity index is 1.97. The molecule has 1 aliphatic rings. The van der Waals surface area contributed by atoms with Gasteiger partial charge in [0.15, 0.2) is 0 Å². The van der Waals surface area contributed by atoms with Gasteiger partial charge in [-0.05, 0) is 31.2 Å². The monoisotopic (exact) mass is 278 g/mol. The van der Waals surface area contributed by atoms with E-state index in [0.29, 0.717) is 18.1 Å². The molecule has 0 aromatic carbocycles. The maximum absolute atomic E-state index is 12.4. The number of piperidine rings is 1. The first kappa shape index (κ1) is 14.8. The van der Waals surface area contributed by atoms with Crippen LogP contribution in [0.5, 0.6) is 5.75 Å². The first-order valence-corrected chi connectivity index (χ1v) is 7.10. The van der Waals surface area contributed by atoms with E-state index in [1.54, 1.807) is 25.6 Å². The predicted molar refractivity (Wildman–Crippen MR) is 75.5 cm³/mol. The molecule has 0 bridgehead atoms. The van der Waals surface area contributed by atoms with Gasteiger partial charge in [-0.25, -0.2) is 0 Å². The van der Waals surface area contributed by atoms with Crippen molar-refractivity contribution in [3.05, 3.63) is 24.0 Å². The van der Waals surface area contributed by atoms with Gasteiger partial charge in [0, 0.05) is 37.7 Å². The van der Waals surface area contributed by atoms with Crippen LogP contribution in [0.2, 0.25) is 0 Å². The summed E-state index contributed by atoms with van der Waals surface area (Å²) in [6, 6.07) is 1.77. The summed E-state index contributed by atoms with van der Waals surface area (Å²) in [5.41, 5.74) is 0.823. The van der Waals surface area contributed by atoms with Gasteiger partial charge >= 0.3 is 0 Å². The number of likely N-dealkylation sites (tertiary alicyclic amines) is 1. The van der Waals surface area contributed by atoms with Gasteiger partial charge in [-0.15, -0.1) is 0 Å². The van der Waals surface area contributed by atoms with E-state index in [1.807, 2.05) is 4.90 Å². The minimum absolute atomic E-state index is 0.110. The molecule has 5 heteroatoms. The Hall–Kier alpha value is -1.62. The number of carbonyl (C=O) groups excluding carboxylic acids is 1. The summed E-state index contributed by atoms with van der Waals surface area (Å²) in [6.07, 6.45) is 6.56. The molecule has 2 rings (SSSR count). The molecule has 1 fully saturated rings. The maximum atomic E-state index is 12.4. The number of aliphatic hydroxyl groups excluding tert-OH is 1. The molecule has 0 radical (unpaired) electrons. The molecule has 1 aromatic heterocycles. The molecule has 20 heavy (non-hydrogen) atoms. The average molecular weight is 278 g/mol. The third-order valence-electron chi connectivity index (χ3n) is 3.83. The van der Waals surface area contributed by atoms with Crippen molar-refractivity contribution in [3.8, 4) is 5.75 Å². The Morgan fingerprint density at radius 2 is 2.45 bits per heavy atom. The summed E-state index contributed by atoms with van der Waals surface area (Å²) in [7, 11) is 1.60. The molecule has 0 aliphatic carbocycles. The summed E-state index contributed by atoms with van der Waals surface area (Å²) in [4.78, 5) is 18.3. The van der Waals surface area contributed by atoms with Crippen LogP contribution in [0.4, 0.5) is 0 Å². The van der Waals surface area contributed by atoms with Gasteiger partial charge < -0.3 is 14.7 Å². The fourth-order valence-corrected chi connectivity index (χ4v) is 2.73. The van der Waals surface area contributed by atoms with Crippen LogP contribution in [0.15, 0.2) is 18.5 Å². The number of aliphatic hydroxyl groups is 1. The number of aromatic nitrogens is 1. The highest BCUT2D eigenvalue weighted by Gasteiger charge is 2.23. The summed E-state index contributed by atoms with van der Waals surface area (Å²) in [6.45, 7) is 1.76. The van der Waals surface area contributed by atoms with Gasteiger partial charge in [-0.1, -0.05) is 0 Å². The smallest absolute Gasteiger partial charge is 0.227 e. The van der Waals surface area contributed by atoms with Gasteiger partial charge in [-0.2, -0.15) is 0 Å². The van der Waals surface area contributed by atoms with E-state index in [0.717, 1.165) is 37.9 Å². The summed E-state index contributed by atoms with van der Waals surface area (Å²) >= 11 is 0. The predicted octanol–water partition coefficient (Wildman–Crippen LogP) is 1.25. The maximum Gasteiger partial charge on any atom is 0.227 e. The van der Waals surface area contributed by atoms with E-state index >= 15 is 0 Å². The average Bonchev–Trinajstić information content (AvgIpc) is 2.48. The highest BCUT2D eigenvalue weighted by Crippen LogP contribution is 2.22. The fourth-order valence-electron chi connectivity index (χ4n) is 2.73. The van der Waals surface area contributed by atoms with Crippen molar-refractivity contribution < 1.29 is 14.6 Å². The van der Waals surface area contributed by atoms with Crippen molar-refractivity contribution in [3.63, 3.8) is 0 Å². The topological polar surface area (TPSA) is 62.7 Å². The highest BCUT2D eigenvalue weighted by molar-refractivity contribution is 5.79. The molecule has 0 spiro atoms. The van der Waals surface area contributed by atoms with Crippen molar-refractivity contribution in [2.75, 3.05) is 26.8 Å². The lowest BCUT2D eigenvalue weighted by Gasteiger charge is -2.32. The summed E-state index contributed by atoms with van der Waals surface area (Å²) < 4.78 is 5.25. The molecule has 0 saturated carbocycles. The van der Waals surface area contributed by atoms with Crippen LogP contribution in [0.1, 0.15) is 24.8 Å². The van der Waals surface area contributed by atoms with E-state index in [2.05, 4.69) is 4.98 Å². The van der Waals surface area contributed by atoms with Crippen molar-refractivity contribution >= 4 is 5.91 Å². The van der Waals surface area contributed by atoms with Gasteiger partial charge in [0.05, 0.1) is 13.5 Å². The number of amides is 1. The van der Waals surface area contributed by atoms with Crippen molar-refractivity contribution in [1.29, 1.82) is 0 Å². The number of carbonyl (C=O) groups is 1. The molecular weight excluding hydrogens is 256 g/mol. The quantitative estimate of drug-likeness (QED) is 0.880. The second-order valence-electron chi connectivity index (χ2n) is 5.22. The Kier molecular flexibility index (Phi) is 5.35. The van der Waals surface area contributed by atoms with Crippen LogP contribution in [-0.2, 0) is 11.2 Å². The third kappa shape index (κ3) is 3.70. The minimum atomic E-state index is 0.110. The third-order valence-corrected chi connectivity index (χ3v) is 3.83. The minimum Gasteiger partial charge on any atom is -0.496 e. The molecule has 1 amide bonds. The van der Waals surface area contributed by atoms with Crippen molar-refractivity contribution in [2.24, 2.45) is 5.92 Å².